The van der Waals surface area contributed by atoms with Crippen molar-refractivity contribution in [1.82, 2.24) is 8.77 Å². The van der Waals surface area contributed by atoms with Crippen molar-refractivity contribution in [2.45, 2.75) is 33.2 Å². The summed E-state index contributed by atoms with van der Waals surface area (Å²) in [6.45, 7) is 5.16. The van der Waals surface area contributed by atoms with E-state index < -0.39 is 15.6 Å². The van der Waals surface area contributed by atoms with Crippen LogP contribution in [0.5, 0.6) is 0 Å². The Kier molecular flexibility index (Phi) is 4.91. The predicted molar refractivity (Wildman–Crippen MR) is 93.4 cm³/mol. The second-order valence-corrected chi connectivity index (χ2v) is 7.78. The fourth-order valence-electron chi connectivity index (χ4n) is 2.39. The van der Waals surface area contributed by atoms with E-state index in [4.69, 9.17) is 17.3 Å². The molecule has 1 atom stereocenters. The first kappa shape index (κ1) is 17.6. The lowest BCUT2D eigenvalue weighted by Gasteiger charge is -2.17. The smallest absolute Gasteiger partial charge is 0.278 e. The number of benzene rings is 1. The Bertz CT molecular complexity index is 884. The molecule has 1 unspecified atom stereocenters. The van der Waals surface area contributed by atoms with Crippen molar-refractivity contribution in [3.63, 3.8) is 0 Å². The molecule has 6 nitrogen and oxygen atoms in total. The molecule has 0 spiro atoms. The second-order valence-electron chi connectivity index (χ2n) is 5.29. The summed E-state index contributed by atoms with van der Waals surface area (Å²) in [5, 5.41) is 0.346. The van der Waals surface area contributed by atoms with E-state index in [0.717, 1.165) is 4.09 Å². The normalized spacial score (nSPS) is 13.2. The van der Waals surface area contributed by atoms with Gasteiger partial charge in [-0.25, -0.2) is 13.1 Å². The summed E-state index contributed by atoms with van der Waals surface area (Å²) in [5.41, 5.74) is 6.16. The number of hydrogen-bond acceptors (Lipinski definition) is 4. The Morgan fingerprint density at radius 3 is 2.39 bits per heavy atom. The van der Waals surface area contributed by atoms with Crippen LogP contribution in [0.1, 0.15) is 33.2 Å². The number of anilines is 1. The molecule has 0 aliphatic carbocycles. The van der Waals surface area contributed by atoms with Gasteiger partial charge >= 0.3 is 0 Å². The zero-order valence-corrected chi connectivity index (χ0v) is 14.9. The molecule has 1 aromatic carbocycles. The highest BCUT2D eigenvalue weighted by Gasteiger charge is 2.28. The van der Waals surface area contributed by atoms with Crippen LogP contribution in [-0.2, 0) is 10.0 Å². The maximum Gasteiger partial charge on any atom is 0.278 e. The summed E-state index contributed by atoms with van der Waals surface area (Å²) in [7, 11) is -3.73. The molecule has 2 aromatic rings. The van der Waals surface area contributed by atoms with Crippen molar-refractivity contribution >= 4 is 27.4 Å². The third kappa shape index (κ3) is 2.90. The standard InChI is InChI=1S/C15H20ClN3O3S/c1-4-10(3)18-15(20)13(11-8-6-7-9-12(11)16)14(17)19(18)23(21,22)5-2/h6-10H,4-5,17H2,1-3H3. The maximum absolute atomic E-state index is 12.9. The van der Waals surface area contributed by atoms with E-state index in [1.165, 1.54) is 11.6 Å². The summed E-state index contributed by atoms with van der Waals surface area (Å²) in [6.07, 6.45) is 0.588. The zero-order valence-electron chi connectivity index (χ0n) is 13.3. The molecule has 0 aliphatic heterocycles. The van der Waals surface area contributed by atoms with Gasteiger partial charge in [0.2, 0.25) is 0 Å². The zero-order chi connectivity index (χ0) is 17.4. The minimum absolute atomic E-state index is 0.106. The van der Waals surface area contributed by atoms with Gasteiger partial charge in [-0.3, -0.25) is 4.79 Å². The van der Waals surface area contributed by atoms with Crippen LogP contribution >= 0.6 is 11.6 Å². The highest BCUT2D eigenvalue weighted by atomic mass is 35.5. The minimum atomic E-state index is -3.73. The number of nitrogens with zero attached hydrogens (tertiary/aromatic N) is 2. The minimum Gasteiger partial charge on any atom is -0.382 e. The Hall–Kier alpha value is -1.73. The van der Waals surface area contributed by atoms with Crippen molar-refractivity contribution in [2.24, 2.45) is 0 Å². The van der Waals surface area contributed by atoms with Crippen molar-refractivity contribution in [1.29, 1.82) is 0 Å². The van der Waals surface area contributed by atoms with E-state index in [2.05, 4.69) is 0 Å². The molecule has 23 heavy (non-hydrogen) atoms. The molecule has 0 aliphatic rings. The molecule has 1 heterocycles. The average Bonchev–Trinajstić information content (AvgIpc) is 2.79. The van der Waals surface area contributed by atoms with E-state index in [1.54, 1.807) is 31.2 Å². The first-order valence-electron chi connectivity index (χ1n) is 7.37. The molecule has 2 N–H and O–H groups in total. The maximum atomic E-state index is 12.9. The largest absolute Gasteiger partial charge is 0.382 e. The monoisotopic (exact) mass is 357 g/mol. The number of rotatable bonds is 5. The second kappa shape index (κ2) is 6.41. The Morgan fingerprint density at radius 1 is 1.26 bits per heavy atom. The van der Waals surface area contributed by atoms with Crippen molar-refractivity contribution < 1.29 is 8.42 Å². The van der Waals surface area contributed by atoms with E-state index >= 15 is 0 Å². The fraction of sp³-hybridized carbons (Fsp3) is 0.400. The molecule has 0 saturated carbocycles. The SMILES string of the molecule is CCC(C)n1c(=O)c(-c2ccccc2Cl)c(N)n1S(=O)(=O)CC. The molecule has 1 aromatic heterocycles. The summed E-state index contributed by atoms with van der Waals surface area (Å²) >= 11 is 6.16. The third-order valence-corrected chi connectivity index (χ3v) is 5.82. The summed E-state index contributed by atoms with van der Waals surface area (Å²) in [4.78, 5) is 12.9. The number of halogens is 1. The first-order valence-corrected chi connectivity index (χ1v) is 9.36. The van der Waals surface area contributed by atoms with Gasteiger partial charge in [0.1, 0.15) is 5.82 Å². The average molecular weight is 358 g/mol. The molecular weight excluding hydrogens is 338 g/mol. The quantitative estimate of drug-likeness (QED) is 0.891. The van der Waals surface area contributed by atoms with Gasteiger partial charge in [0.05, 0.1) is 17.4 Å². The lowest BCUT2D eigenvalue weighted by Crippen LogP contribution is -2.31. The first-order chi connectivity index (χ1) is 10.8. The predicted octanol–water partition coefficient (Wildman–Crippen LogP) is 2.72. The third-order valence-electron chi connectivity index (χ3n) is 3.86. The van der Waals surface area contributed by atoms with Crippen LogP contribution in [0.25, 0.3) is 11.1 Å². The van der Waals surface area contributed by atoms with Gasteiger partial charge in [0.15, 0.2) is 0 Å². The molecule has 0 amide bonds. The van der Waals surface area contributed by atoms with Gasteiger partial charge in [0.25, 0.3) is 15.6 Å². The highest BCUT2D eigenvalue weighted by Crippen LogP contribution is 2.31. The van der Waals surface area contributed by atoms with Crippen LogP contribution in [0.3, 0.4) is 0 Å². The van der Waals surface area contributed by atoms with E-state index in [-0.39, 0.29) is 23.2 Å². The number of hydrogen-bond donors (Lipinski definition) is 1. The molecule has 2 rings (SSSR count). The molecular formula is C15H20ClN3O3S. The van der Waals surface area contributed by atoms with Crippen LogP contribution in [0, 0.1) is 0 Å². The summed E-state index contributed by atoms with van der Waals surface area (Å²) in [6, 6.07) is 6.42. The van der Waals surface area contributed by atoms with E-state index in [9.17, 15) is 13.2 Å². The molecule has 0 fully saturated rings. The van der Waals surface area contributed by atoms with Crippen LogP contribution in [0.2, 0.25) is 5.02 Å². The Morgan fingerprint density at radius 2 is 1.87 bits per heavy atom. The van der Waals surface area contributed by atoms with Crippen molar-refractivity contribution in [3.05, 3.63) is 39.6 Å². The van der Waals surface area contributed by atoms with Gasteiger partial charge in [-0.2, -0.15) is 4.09 Å². The van der Waals surface area contributed by atoms with Crippen LogP contribution < -0.4 is 11.3 Å². The van der Waals surface area contributed by atoms with Crippen LogP contribution in [0.4, 0.5) is 5.82 Å². The van der Waals surface area contributed by atoms with Gasteiger partial charge in [-0.15, -0.1) is 0 Å². The summed E-state index contributed by atoms with van der Waals surface area (Å²) < 4.78 is 27.0. The van der Waals surface area contributed by atoms with Crippen LogP contribution in [0.15, 0.2) is 29.1 Å². The molecule has 126 valence electrons. The van der Waals surface area contributed by atoms with Gasteiger partial charge in [0, 0.05) is 10.6 Å². The Labute approximate surface area is 140 Å². The van der Waals surface area contributed by atoms with Gasteiger partial charge in [-0.05, 0) is 26.3 Å². The van der Waals surface area contributed by atoms with Gasteiger partial charge in [-0.1, -0.05) is 36.7 Å². The van der Waals surface area contributed by atoms with E-state index in [1.807, 2.05) is 6.92 Å². The fourth-order valence-corrected chi connectivity index (χ4v) is 3.76. The number of nitrogen functional groups attached to an aromatic ring is 1. The topological polar surface area (TPSA) is 87.1 Å². The van der Waals surface area contributed by atoms with Crippen molar-refractivity contribution in [2.75, 3.05) is 11.5 Å². The highest BCUT2D eigenvalue weighted by molar-refractivity contribution is 7.89. The van der Waals surface area contributed by atoms with Crippen LogP contribution in [-0.4, -0.2) is 22.9 Å². The lowest BCUT2D eigenvalue weighted by molar-refractivity contribution is 0.437. The van der Waals surface area contributed by atoms with Gasteiger partial charge < -0.3 is 5.73 Å². The molecule has 8 heteroatoms. The number of aromatic nitrogens is 2. The van der Waals surface area contributed by atoms with E-state index in [0.29, 0.717) is 17.0 Å². The molecule has 0 saturated heterocycles. The number of nitrogens with two attached hydrogens (primary N) is 1. The lowest BCUT2D eigenvalue weighted by atomic mass is 10.1. The van der Waals surface area contributed by atoms with Crippen molar-refractivity contribution in [3.8, 4) is 11.1 Å². The molecule has 0 bridgehead atoms. The molecule has 0 radical (unpaired) electrons. The Balaban J connectivity index is 2.93. The summed E-state index contributed by atoms with van der Waals surface area (Å²) in [5.74, 6) is -0.269.